The van der Waals surface area contributed by atoms with Gasteiger partial charge in [0.1, 0.15) is 12.1 Å². The maximum Gasteiger partial charge on any atom is 0.185 e. The Labute approximate surface area is 120 Å². The van der Waals surface area contributed by atoms with Crippen LogP contribution in [0.4, 0.5) is 0 Å². The summed E-state index contributed by atoms with van der Waals surface area (Å²) < 4.78 is 7.31. The zero-order valence-electron chi connectivity index (χ0n) is 10.9. The molecule has 8 heteroatoms. The lowest BCUT2D eigenvalue weighted by Gasteiger charge is -2.06. The maximum atomic E-state index is 8.56. The molecule has 0 spiro atoms. The van der Waals surface area contributed by atoms with Gasteiger partial charge in [-0.2, -0.15) is 5.10 Å². The summed E-state index contributed by atoms with van der Waals surface area (Å²) in [5.41, 5.74) is 6.12. The van der Waals surface area contributed by atoms with Crippen molar-refractivity contribution in [3.8, 4) is 5.75 Å². The average molecular weight is 293 g/mol. The first-order valence-corrected chi connectivity index (χ1v) is 6.87. The van der Waals surface area contributed by atoms with E-state index in [-0.39, 0.29) is 5.84 Å². The summed E-state index contributed by atoms with van der Waals surface area (Å²) in [7, 11) is 1.85. The SMILES string of the molecule is Cn1ncnc1SCCOc1ccc(/C(N)=N/O)cc1. The van der Waals surface area contributed by atoms with Gasteiger partial charge < -0.3 is 15.7 Å². The summed E-state index contributed by atoms with van der Waals surface area (Å²) in [6.45, 7) is 0.556. The quantitative estimate of drug-likeness (QED) is 0.206. The highest BCUT2D eigenvalue weighted by Crippen LogP contribution is 2.15. The van der Waals surface area contributed by atoms with Crippen LogP contribution in [0.5, 0.6) is 5.75 Å². The number of nitrogens with zero attached hydrogens (tertiary/aromatic N) is 4. The minimum atomic E-state index is 0.0781. The highest BCUT2D eigenvalue weighted by atomic mass is 32.2. The van der Waals surface area contributed by atoms with Gasteiger partial charge in [-0.15, -0.1) is 0 Å². The Kier molecular flexibility index (Phi) is 4.83. The third kappa shape index (κ3) is 3.64. The highest BCUT2D eigenvalue weighted by molar-refractivity contribution is 7.99. The van der Waals surface area contributed by atoms with Crippen molar-refractivity contribution in [1.29, 1.82) is 0 Å². The predicted octanol–water partition coefficient (Wildman–Crippen LogP) is 1.08. The highest BCUT2D eigenvalue weighted by Gasteiger charge is 2.02. The Morgan fingerprint density at radius 3 is 2.80 bits per heavy atom. The van der Waals surface area contributed by atoms with Crippen LogP contribution >= 0.6 is 11.8 Å². The van der Waals surface area contributed by atoms with Gasteiger partial charge in [0.25, 0.3) is 0 Å². The van der Waals surface area contributed by atoms with Crippen LogP contribution in [0.3, 0.4) is 0 Å². The molecule has 0 saturated carbocycles. The van der Waals surface area contributed by atoms with Crippen LogP contribution in [0, 0.1) is 0 Å². The molecule has 0 radical (unpaired) electrons. The largest absolute Gasteiger partial charge is 0.493 e. The van der Waals surface area contributed by atoms with E-state index in [4.69, 9.17) is 15.7 Å². The van der Waals surface area contributed by atoms with E-state index < -0.39 is 0 Å². The Morgan fingerprint density at radius 1 is 1.45 bits per heavy atom. The average Bonchev–Trinajstić information content (AvgIpc) is 2.89. The number of rotatable bonds is 6. The van der Waals surface area contributed by atoms with Crippen molar-refractivity contribution < 1.29 is 9.94 Å². The molecule has 7 nitrogen and oxygen atoms in total. The van der Waals surface area contributed by atoms with Crippen molar-refractivity contribution >= 4 is 17.6 Å². The van der Waals surface area contributed by atoms with Gasteiger partial charge in [-0.3, -0.25) is 0 Å². The summed E-state index contributed by atoms with van der Waals surface area (Å²) in [5, 5.41) is 16.3. The number of aryl methyl sites for hydroxylation is 1. The van der Waals surface area contributed by atoms with Crippen LogP contribution in [0.25, 0.3) is 0 Å². The van der Waals surface area contributed by atoms with Gasteiger partial charge in [0, 0.05) is 18.4 Å². The lowest BCUT2D eigenvalue weighted by molar-refractivity contribution is 0.318. The second kappa shape index (κ2) is 6.80. The van der Waals surface area contributed by atoms with Gasteiger partial charge in [0.05, 0.1) is 6.61 Å². The second-order valence-electron chi connectivity index (χ2n) is 3.87. The van der Waals surface area contributed by atoms with Crippen molar-refractivity contribution in [2.75, 3.05) is 12.4 Å². The molecule has 1 aromatic heterocycles. The number of ether oxygens (including phenoxy) is 1. The van der Waals surface area contributed by atoms with E-state index >= 15 is 0 Å². The lowest BCUT2D eigenvalue weighted by atomic mass is 10.2. The summed E-state index contributed by atoms with van der Waals surface area (Å²) in [6.07, 6.45) is 1.52. The molecule has 0 aliphatic carbocycles. The van der Waals surface area contributed by atoms with Gasteiger partial charge in [-0.25, -0.2) is 9.67 Å². The third-order valence-electron chi connectivity index (χ3n) is 2.51. The van der Waals surface area contributed by atoms with E-state index in [1.807, 2.05) is 7.05 Å². The van der Waals surface area contributed by atoms with E-state index in [9.17, 15) is 0 Å². The van der Waals surface area contributed by atoms with Crippen molar-refractivity contribution in [2.45, 2.75) is 5.16 Å². The minimum Gasteiger partial charge on any atom is -0.493 e. The number of amidine groups is 1. The number of thioether (sulfide) groups is 1. The van der Waals surface area contributed by atoms with Gasteiger partial charge in [-0.05, 0) is 24.3 Å². The van der Waals surface area contributed by atoms with Crippen molar-refractivity contribution in [1.82, 2.24) is 14.8 Å². The standard InChI is InChI=1S/C12H15N5O2S/c1-17-12(14-8-15-17)20-7-6-19-10-4-2-9(3-5-10)11(13)16-18/h2-5,8,18H,6-7H2,1H3,(H2,13,16). The Bertz CT molecular complexity index is 582. The second-order valence-corrected chi connectivity index (χ2v) is 4.93. The molecular weight excluding hydrogens is 278 g/mol. The number of oxime groups is 1. The first-order chi connectivity index (χ1) is 9.70. The van der Waals surface area contributed by atoms with Gasteiger partial charge in [0.2, 0.25) is 0 Å². The molecule has 0 fully saturated rings. The molecule has 2 rings (SSSR count). The summed E-state index contributed by atoms with van der Waals surface area (Å²) in [5.74, 6) is 1.58. The van der Waals surface area contributed by atoms with Crippen molar-refractivity contribution in [3.05, 3.63) is 36.2 Å². The smallest absolute Gasteiger partial charge is 0.185 e. The molecule has 0 aliphatic rings. The van der Waals surface area contributed by atoms with E-state index in [0.717, 1.165) is 16.7 Å². The Balaban J connectivity index is 1.78. The fraction of sp³-hybridized carbons (Fsp3) is 0.250. The molecule has 0 saturated heterocycles. The topological polar surface area (TPSA) is 98.5 Å². The van der Waals surface area contributed by atoms with Crippen LogP contribution < -0.4 is 10.5 Å². The molecule has 1 aromatic carbocycles. The van der Waals surface area contributed by atoms with Gasteiger partial charge in [-0.1, -0.05) is 16.9 Å². The van der Waals surface area contributed by atoms with Crippen LogP contribution in [-0.2, 0) is 7.05 Å². The van der Waals surface area contributed by atoms with E-state index in [0.29, 0.717) is 12.2 Å². The number of nitrogens with two attached hydrogens (primary N) is 1. The third-order valence-corrected chi connectivity index (χ3v) is 3.51. The molecule has 2 aromatic rings. The van der Waals surface area contributed by atoms with Crippen LogP contribution in [0.15, 0.2) is 40.9 Å². The number of benzene rings is 1. The maximum absolute atomic E-state index is 8.56. The molecule has 0 aliphatic heterocycles. The molecule has 3 N–H and O–H groups in total. The zero-order valence-corrected chi connectivity index (χ0v) is 11.7. The number of hydrogen-bond donors (Lipinski definition) is 2. The number of aromatic nitrogens is 3. The van der Waals surface area contributed by atoms with Gasteiger partial charge >= 0.3 is 0 Å². The Morgan fingerprint density at radius 2 is 2.20 bits per heavy atom. The van der Waals surface area contributed by atoms with Crippen molar-refractivity contribution in [3.63, 3.8) is 0 Å². The molecule has 0 unspecified atom stereocenters. The summed E-state index contributed by atoms with van der Waals surface area (Å²) >= 11 is 1.58. The van der Waals surface area contributed by atoms with E-state index in [1.54, 1.807) is 40.7 Å². The molecule has 0 atom stereocenters. The first kappa shape index (κ1) is 14.2. The molecule has 106 valence electrons. The van der Waals surface area contributed by atoms with Crippen LogP contribution in [-0.4, -0.2) is 38.2 Å². The number of hydrogen-bond acceptors (Lipinski definition) is 6. The van der Waals surface area contributed by atoms with E-state index in [2.05, 4.69) is 15.2 Å². The fourth-order valence-electron chi connectivity index (χ4n) is 1.49. The van der Waals surface area contributed by atoms with Crippen molar-refractivity contribution in [2.24, 2.45) is 17.9 Å². The van der Waals surface area contributed by atoms with Crippen LogP contribution in [0.1, 0.15) is 5.56 Å². The molecular formula is C12H15N5O2S. The van der Waals surface area contributed by atoms with E-state index in [1.165, 1.54) is 6.33 Å². The zero-order chi connectivity index (χ0) is 14.4. The Hall–Kier alpha value is -2.22. The lowest BCUT2D eigenvalue weighted by Crippen LogP contribution is -2.12. The monoisotopic (exact) mass is 293 g/mol. The van der Waals surface area contributed by atoms with Crippen LogP contribution in [0.2, 0.25) is 0 Å². The first-order valence-electron chi connectivity index (χ1n) is 5.88. The molecule has 0 bridgehead atoms. The summed E-state index contributed by atoms with van der Waals surface area (Å²) in [6, 6.07) is 7.03. The normalized spacial score (nSPS) is 11.6. The molecule has 0 amide bonds. The minimum absolute atomic E-state index is 0.0781. The van der Waals surface area contributed by atoms with Gasteiger partial charge in [0.15, 0.2) is 11.0 Å². The fourth-order valence-corrected chi connectivity index (χ4v) is 2.19. The molecule has 20 heavy (non-hydrogen) atoms. The molecule has 1 heterocycles. The predicted molar refractivity (Wildman–Crippen MR) is 76.2 cm³/mol. The summed E-state index contributed by atoms with van der Waals surface area (Å²) in [4.78, 5) is 4.11.